The van der Waals surface area contributed by atoms with Crippen molar-refractivity contribution in [1.82, 2.24) is 0 Å². The van der Waals surface area contributed by atoms with Crippen LogP contribution < -0.4 is 4.72 Å². The van der Waals surface area contributed by atoms with Crippen LogP contribution in [-0.2, 0) is 19.6 Å². The normalized spacial score (nSPS) is 11.1. The standard InChI is InChI=1S/C12H16FNO4S/c1-9-5-6-10(8-11(9)13)14-19(16,17)7-3-4-12(15)18-2/h5-6,8,14H,3-4,7H2,1-2H3. The summed E-state index contributed by atoms with van der Waals surface area (Å²) >= 11 is 0. The fraction of sp³-hybridized carbons (Fsp3) is 0.417. The summed E-state index contributed by atoms with van der Waals surface area (Å²) in [6.07, 6.45) is 0.177. The molecule has 1 rings (SSSR count). The zero-order valence-electron chi connectivity index (χ0n) is 10.8. The number of hydrogen-bond acceptors (Lipinski definition) is 4. The van der Waals surface area contributed by atoms with Crippen molar-refractivity contribution in [3.63, 3.8) is 0 Å². The maximum absolute atomic E-state index is 13.3. The molecule has 0 aliphatic carbocycles. The number of ether oxygens (including phenoxy) is 1. The van der Waals surface area contributed by atoms with Crippen molar-refractivity contribution < 1.29 is 22.3 Å². The Kier molecular flexibility index (Phi) is 5.29. The van der Waals surface area contributed by atoms with Crippen molar-refractivity contribution >= 4 is 21.7 Å². The molecule has 0 aliphatic heterocycles. The highest BCUT2D eigenvalue weighted by Gasteiger charge is 2.12. The van der Waals surface area contributed by atoms with Gasteiger partial charge in [0.1, 0.15) is 5.82 Å². The molecule has 0 aromatic heterocycles. The first kappa shape index (κ1) is 15.4. The van der Waals surface area contributed by atoms with Gasteiger partial charge in [-0.3, -0.25) is 9.52 Å². The second-order valence-electron chi connectivity index (χ2n) is 4.06. The molecule has 0 bridgehead atoms. The minimum absolute atomic E-state index is 0.0274. The molecule has 1 aromatic rings. The van der Waals surface area contributed by atoms with E-state index in [9.17, 15) is 17.6 Å². The molecule has 7 heteroatoms. The van der Waals surface area contributed by atoms with Crippen molar-refractivity contribution in [1.29, 1.82) is 0 Å². The summed E-state index contributed by atoms with van der Waals surface area (Å²) in [5, 5.41) is 0. The third kappa shape index (κ3) is 5.25. The molecule has 0 spiro atoms. The van der Waals surface area contributed by atoms with E-state index in [2.05, 4.69) is 9.46 Å². The third-order valence-electron chi connectivity index (χ3n) is 2.47. The summed E-state index contributed by atoms with van der Waals surface area (Å²) in [7, 11) is -2.35. The number of carbonyl (C=O) groups is 1. The van der Waals surface area contributed by atoms with Crippen LogP contribution >= 0.6 is 0 Å². The number of carbonyl (C=O) groups excluding carboxylic acids is 1. The van der Waals surface area contributed by atoms with E-state index in [1.165, 1.54) is 19.2 Å². The lowest BCUT2D eigenvalue weighted by atomic mass is 10.2. The van der Waals surface area contributed by atoms with E-state index in [0.29, 0.717) is 5.56 Å². The van der Waals surface area contributed by atoms with E-state index in [4.69, 9.17) is 0 Å². The monoisotopic (exact) mass is 289 g/mol. The lowest BCUT2D eigenvalue weighted by Crippen LogP contribution is -2.17. The van der Waals surface area contributed by atoms with Gasteiger partial charge in [0.15, 0.2) is 0 Å². The minimum atomic E-state index is -3.59. The summed E-state index contributed by atoms with van der Waals surface area (Å²) in [5.41, 5.74) is 0.606. The van der Waals surface area contributed by atoms with Gasteiger partial charge in [-0.15, -0.1) is 0 Å². The van der Waals surface area contributed by atoms with E-state index >= 15 is 0 Å². The number of sulfonamides is 1. The highest BCUT2D eigenvalue weighted by Crippen LogP contribution is 2.15. The van der Waals surface area contributed by atoms with Crippen LogP contribution in [0.4, 0.5) is 10.1 Å². The zero-order valence-corrected chi connectivity index (χ0v) is 11.6. The van der Waals surface area contributed by atoms with Crippen LogP contribution in [0.5, 0.6) is 0 Å². The average Bonchev–Trinajstić information content (AvgIpc) is 2.33. The lowest BCUT2D eigenvalue weighted by molar-refractivity contribution is -0.140. The number of rotatable bonds is 6. The van der Waals surface area contributed by atoms with E-state index in [-0.39, 0.29) is 24.3 Å². The number of hydrogen-bond donors (Lipinski definition) is 1. The van der Waals surface area contributed by atoms with Gasteiger partial charge in [0.2, 0.25) is 10.0 Å². The second kappa shape index (κ2) is 6.51. The predicted octanol–water partition coefficient (Wildman–Crippen LogP) is 1.83. The Morgan fingerprint density at radius 3 is 2.68 bits per heavy atom. The Labute approximate surface area is 111 Å². The molecule has 0 heterocycles. The van der Waals surface area contributed by atoms with E-state index in [1.807, 2.05) is 0 Å². The van der Waals surface area contributed by atoms with Gasteiger partial charge in [0.05, 0.1) is 18.6 Å². The van der Waals surface area contributed by atoms with Gasteiger partial charge in [-0.1, -0.05) is 6.07 Å². The molecule has 0 saturated heterocycles. The third-order valence-corrected chi connectivity index (χ3v) is 3.84. The van der Waals surface area contributed by atoms with Crippen molar-refractivity contribution in [3.8, 4) is 0 Å². The Bertz CT molecular complexity index is 557. The number of halogens is 1. The molecule has 5 nitrogen and oxygen atoms in total. The second-order valence-corrected chi connectivity index (χ2v) is 5.91. The molecular formula is C12H16FNO4S. The maximum atomic E-state index is 13.3. The molecule has 0 saturated carbocycles. The number of benzene rings is 1. The fourth-order valence-corrected chi connectivity index (χ4v) is 2.51. The van der Waals surface area contributed by atoms with Crippen LogP contribution in [0.3, 0.4) is 0 Å². The Morgan fingerprint density at radius 1 is 1.42 bits per heavy atom. The van der Waals surface area contributed by atoms with E-state index in [1.54, 1.807) is 6.92 Å². The first-order chi connectivity index (χ1) is 8.84. The van der Waals surface area contributed by atoms with Crippen molar-refractivity contribution in [2.45, 2.75) is 19.8 Å². The minimum Gasteiger partial charge on any atom is -0.469 e. The summed E-state index contributed by atoms with van der Waals surface area (Å²) in [5.74, 6) is -1.16. The van der Waals surface area contributed by atoms with E-state index < -0.39 is 21.8 Å². The Morgan fingerprint density at radius 2 is 2.11 bits per heavy atom. The zero-order chi connectivity index (χ0) is 14.5. The quantitative estimate of drug-likeness (QED) is 0.811. The molecule has 0 atom stereocenters. The number of anilines is 1. The SMILES string of the molecule is COC(=O)CCCS(=O)(=O)Nc1ccc(C)c(F)c1. The molecule has 1 N–H and O–H groups in total. The lowest BCUT2D eigenvalue weighted by Gasteiger charge is -2.08. The molecule has 1 aromatic carbocycles. The van der Waals surface area contributed by atoms with Crippen molar-refractivity contribution in [2.24, 2.45) is 0 Å². The number of esters is 1. The highest BCUT2D eigenvalue weighted by atomic mass is 32.2. The van der Waals surface area contributed by atoms with E-state index in [0.717, 1.165) is 6.07 Å². The van der Waals surface area contributed by atoms with Crippen LogP contribution in [0.15, 0.2) is 18.2 Å². The van der Waals surface area contributed by atoms with Crippen LogP contribution in [0.2, 0.25) is 0 Å². The predicted molar refractivity (Wildman–Crippen MR) is 69.8 cm³/mol. The molecule has 106 valence electrons. The smallest absolute Gasteiger partial charge is 0.305 e. The number of methoxy groups -OCH3 is 1. The summed E-state index contributed by atoms with van der Waals surface area (Å²) in [6.45, 7) is 1.59. The largest absolute Gasteiger partial charge is 0.469 e. The molecule has 0 fully saturated rings. The first-order valence-electron chi connectivity index (χ1n) is 5.67. The average molecular weight is 289 g/mol. The molecule has 0 unspecified atom stereocenters. The van der Waals surface area contributed by atoms with Gasteiger partial charge in [0.25, 0.3) is 0 Å². The molecule has 19 heavy (non-hydrogen) atoms. The van der Waals surface area contributed by atoms with Crippen molar-refractivity contribution in [3.05, 3.63) is 29.6 Å². The summed E-state index contributed by atoms with van der Waals surface area (Å²) in [6, 6.07) is 4.09. The van der Waals surface area contributed by atoms with Gasteiger partial charge >= 0.3 is 5.97 Å². The fourth-order valence-electron chi connectivity index (χ4n) is 1.40. The topological polar surface area (TPSA) is 72.5 Å². The summed E-state index contributed by atoms with van der Waals surface area (Å²) < 4.78 is 43.3. The van der Waals surface area contributed by atoms with Gasteiger partial charge in [-0.25, -0.2) is 12.8 Å². The number of aryl methyl sites for hydroxylation is 1. The van der Waals surface area contributed by atoms with Gasteiger partial charge < -0.3 is 4.74 Å². The van der Waals surface area contributed by atoms with Crippen LogP contribution in [0.25, 0.3) is 0 Å². The Hall–Kier alpha value is -1.63. The van der Waals surface area contributed by atoms with Crippen LogP contribution in [-0.4, -0.2) is 27.2 Å². The van der Waals surface area contributed by atoms with Crippen molar-refractivity contribution in [2.75, 3.05) is 17.6 Å². The van der Waals surface area contributed by atoms with Crippen LogP contribution in [0, 0.1) is 12.7 Å². The van der Waals surface area contributed by atoms with Gasteiger partial charge in [-0.2, -0.15) is 0 Å². The van der Waals surface area contributed by atoms with Gasteiger partial charge in [-0.05, 0) is 31.0 Å². The number of nitrogens with one attached hydrogen (secondary N) is 1. The highest BCUT2D eigenvalue weighted by molar-refractivity contribution is 7.92. The maximum Gasteiger partial charge on any atom is 0.305 e. The Balaban J connectivity index is 2.59. The molecular weight excluding hydrogens is 273 g/mol. The molecule has 0 radical (unpaired) electrons. The summed E-state index contributed by atoms with van der Waals surface area (Å²) in [4.78, 5) is 10.9. The van der Waals surface area contributed by atoms with Gasteiger partial charge in [0, 0.05) is 6.42 Å². The first-order valence-corrected chi connectivity index (χ1v) is 7.33. The molecule has 0 aliphatic rings. The van der Waals surface area contributed by atoms with Crippen LogP contribution in [0.1, 0.15) is 18.4 Å². The molecule has 0 amide bonds.